The molecule has 20 heavy (non-hydrogen) atoms. The largest absolute Gasteiger partial charge is 0.417 e. The summed E-state index contributed by atoms with van der Waals surface area (Å²) in [6.45, 7) is 0. The highest BCUT2D eigenvalue weighted by Gasteiger charge is 2.33. The molecule has 0 saturated heterocycles. The number of rotatable bonds is 2. The van der Waals surface area contributed by atoms with E-state index in [1.165, 1.54) is 23.9 Å². The molecular weight excluding hydrogens is 307 g/mol. The molecule has 0 radical (unpaired) electrons. The molecule has 2 aromatic rings. The highest BCUT2D eigenvalue weighted by molar-refractivity contribution is 7.99. The lowest BCUT2D eigenvalue weighted by Gasteiger charge is -2.10. The molecule has 0 amide bonds. The zero-order valence-electron chi connectivity index (χ0n) is 9.91. The summed E-state index contributed by atoms with van der Waals surface area (Å²) in [7, 11) is 0. The van der Waals surface area contributed by atoms with Crippen molar-refractivity contribution < 1.29 is 13.2 Å². The molecule has 0 aliphatic rings. The van der Waals surface area contributed by atoms with Gasteiger partial charge in [-0.1, -0.05) is 23.4 Å². The van der Waals surface area contributed by atoms with Gasteiger partial charge in [0.05, 0.1) is 22.2 Å². The second kappa shape index (κ2) is 5.78. The highest BCUT2D eigenvalue weighted by atomic mass is 35.5. The first-order valence-corrected chi connectivity index (χ1v) is 6.64. The Balaban J connectivity index is 2.28. The average Bonchev–Trinajstić information content (AvgIpc) is 2.40. The fourth-order valence-electron chi connectivity index (χ4n) is 1.52. The van der Waals surface area contributed by atoms with Crippen molar-refractivity contribution in [3.05, 3.63) is 58.6 Å². The molecule has 0 aliphatic carbocycles. The van der Waals surface area contributed by atoms with Gasteiger partial charge in [-0.25, -0.2) is 0 Å². The minimum Gasteiger partial charge on any atom is -0.192 e. The van der Waals surface area contributed by atoms with Crippen LogP contribution in [0.25, 0.3) is 0 Å². The third-order valence-electron chi connectivity index (χ3n) is 2.46. The molecule has 2 rings (SSSR count). The lowest BCUT2D eigenvalue weighted by Crippen LogP contribution is -2.05. The van der Waals surface area contributed by atoms with Gasteiger partial charge in [0, 0.05) is 9.79 Å². The van der Waals surface area contributed by atoms with Crippen molar-refractivity contribution in [3.8, 4) is 6.07 Å². The summed E-state index contributed by atoms with van der Waals surface area (Å²) in [6, 6.07) is 12.4. The number of alkyl halides is 3. The van der Waals surface area contributed by atoms with Gasteiger partial charge in [-0.05, 0) is 42.5 Å². The van der Waals surface area contributed by atoms with E-state index in [2.05, 4.69) is 0 Å². The molecule has 0 heterocycles. The summed E-state index contributed by atoms with van der Waals surface area (Å²) in [6.07, 6.45) is -4.47. The summed E-state index contributed by atoms with van der Waals surface area (Å²) in [5, 5.41) is 8.36. The minimum absolute atomic E-state index is 0.318. The Kier molecular flexibility index (Phi) is 4.26. The molecule has 0 bridgehead atoms. The van der Waals surface area contributed by atoms with Crippen LogP contribution in [0, 0.1) is 11.3 Å². The van der Waals surface area contributed by atoms with Gasteiger partial charge in [-0.3, -0.25) is 0 Å². The summed E-state index contributed by atoms with van der Waals surface area (Å²) < 4.78 is 38.2. The van der Waals surface area contributed by atoms with Crippen LogP contribution in [-0.4, -0.2) is 0 Å². The standard InChI is InChI=1S/C14H7ClF3NS/c15-13-6-5-11(7-12(13)14(16,17)18)20-10-3-1-9(8-19)2-4-10/h1-7H. The molecular formula is C14H7ClF3NS. The summed E-state index contributed by atoms with van der Waals surface area (Å²) in [4.78, 5) is 1.19. The van der Waals surface area contributed by atoms with E-state index in [0.29, 0.717) is 10.5 Å². The van der Waals surface area contributed by atoms with Crippen LogP contribution in [0.4, 0.5) is 13.2 Å². The fourth-order valence-corrected chi connectivity index (χ4v) is 2.60. The number of nitrogens with zero attached hydrogens (tertiary/aromatic N) is 1. The second-order valence-corrected chi connectivity index (χ2v) is 5.43. The Morgan fingerprint density at radius 3 is 2.15 bits per heavy atom. The predicted molar refractivity (Wildman–Crippen MR) is 71.7 cm³/mol. The van der Waals surface area contributed by atoms with Crippen LogP contribution in [0.2, 0.25) is 5.02 Å². The SMILES string of the molecule is N#Cc1ccc(Sc2ccc(Cl)c(C(F)(F)F)c2)cc1. The minimum atomic E-state index is -4.47. The van der Waals surface area contributed by atoms with Gasteiger partial charge in [0.25, 0.3) is 0 Å². The molecule has 0 saturated carbocycles. The Morgan fingerprint density at radius 2 is 1.60 bits per heavy atom. The highest BCUT2D eigenvalue weighted by Crippen LogP contribution is 2.38. The quantitative estimate of drug-likeness (QED) is 0.743. The van der Waals surface area contributed by atoms with Gasteiger partial charge in [-0.15, -0.1) is 0 Å². The number of benzene rings is 2. The van der Waals surface area contributed by atoms with E-state index in [-0.39, 0.29) is 5.02 Å². The van der Waals surface area contributed by atoms with E-state index >= 15 is 0 Å². The first-order chi connectivity index (χ1) is 9.40. The zero-order valence-corrected chi connectivity index (χ0v) is 11.5. The predicted octanol–water partition coefficient (Wildman–Crippen LogP) is 5.38. The number of nitriles is 1. The zero-order chi connectivity index (χ0) is 14.8. The van der Waals surface area contributed by atoms with Gasteiger partial charge in [0.15, 0.2) is 0 Å². The van der Waals surface area contributed by atoms with E-state index in [1.807, 2.05) is 6.07 Å². The Labute approximate surface area is 123 Å². The van der Waals surface area contributed by atoms with Gasteiger partial charge < -0.3 is 0 Å². The van der Waals surface area contributed by atoms with Crippen molar-refractivity contribution in [3.63, 3.8) is 0 Å². The maximum atomic E-state index is 12.7. The molecule has 0 atom stereocenters. The average molecular weight is 314 g/mol. The Bertz CT molecular complexity index is 660. The van der Waals surface area contributed by atoms with E-state index in [9.17, 15) is 13.2 Å². The van der Waals surface area contributed by atoms with Crippen molar-refractivity contribution in [1.29, 1.82) is 5.26 Å². The van der Waals surface area contributed by atoms with Crippen LogP contribution in [0.3, 0.4) is 0 Å². The monoisotopic (exact) mass is 313 g/mol. The molecule has 0 spiro atoms. The molecule has 1 nitrogen and oxygen atoms in total. The van der Waals surface area contributed by atoms with Crippen LogP contribution >= 0.6 is 23.4 Å². The molecule has 102 valence electrons. The number of halogens is 4. The third-order valence-corrected chi connectivity index (χ3v) is 3.79. The van der Waals surface area contributed by atoms with Crippen LogP contribution in [0.15, 0.2) is 52.3 Å². The van der Waals surface area contributed by atoms with Gasteiger partial charge in [0.2, 0.25) is 0 Å². The van der Waals surface area contributed by atoms with Gasteiger partial charge >= 0.3 is 6.18 Å². The Morgan fingerprint density at radius 1 is 1.00 bits per heavy atom. The smallest absolute Gasteiger partial charge is 0.192 e. The third kappa shape index (κ3) is 3.47. The van der Waals surface area contributed by atoms with E-state index in [0.717, 1.165) is 11.0 Å². The lowest BCUT2D eigenvalue weighted by atomic mass is 10.2. The van der Waals surface area contributed by atoms with Crippen LogP contribution in [-0.2, 0) is 6.18 Å². The van der Waals surface area contributed by atoms with E-state index in [1.54, 1.807) is 24.3 Å². The number of hydrogen-bond donors (Lipinski definition) is 0. The number of hydrogen-bond acceptors (Lipinski definition) is 2. The van der Waals surface area contributed by atoms with Crippen LogP contribution < -0.4 is 0 Å². The summed E-state index contributed by atoms with van der Waals surface area (Å²) in [5.74, 6) is 0. The maximum absolute atomic E-state index is 12.7. The van der Waals surface area contributed by atoms with E-state index in [4.69, 9.17) is 16.9 Å². The molecule has 0 aromatic heterocycles. The van der Waals surface area contributed by atoms with Crippen molar-refractivity contribution in [1.82, 2.24) is 0 Å². The Hall–Kier alpha value is -1.64. The normalized spacial score (nSPS) is 11.2. The molecule has 0 fully saturated rings. The maximum Gasteiger partial charge on any atom is 0.417 e. The van der Waals surface area contributed by atoms with Crippen LogP contribution in [0.5, 0.6) is 0 Å². The van der Waals surface area contributed by atoms with Crippen molar-refractivity contribution >= 4 is 23.4 Å². The van der Waals surface area contributed by atoms with Crippen molar-refractivity contribution in [2.75, 3.05) is 0 Å². The summed E-state index contributed by atoms with van der Waals surface area (Å²) >= 11 is 6.74. The topological polar surface area (TPSA) is 23.8 Å². The molecule has 0 aliphatic heterocycles. The van der Waals surface area contributed by atoms with Gasteiger partial charge in [0.1, 0.15) is 0 Å². The fraction of sp³-hybridized carbons (Fsp3) is 0.0714. The lowest BCUT2D eigenvalue weighted by molar-refractivity contribution is -0.137. The second-order valence-electron chi connectivity index (χ2n) is 3.88. The molecule has 0 unspecified atom stereocenters. The first kappa shape index (κ1) is 14.8. The van der Waals surface area contributed by atoms with Gasteiger partial charge in [-0.2, -0.15) is 18.4 Å². The van der Waals surface area contributed by atoms with Crippen molar-refractivity contribution in [2.45, 2.75) is 16.0 Å². The molecule has 0 N–H and O–H groups in total. The summed E-state index contributed by atoms with van der Waals surface area (Å²) in [5.41, 5.74) is -0.348. The first-order valence-electron chi connectivity index (χ1n) is 5.45. The van der Waals surface area contributed by atoms with Crippen molar-refractivity contribution in [2.24, 2.45) is 0 Å². The molecule has 2 aromatic carbocycles. The van der Waals surface area contributed by atoms with Crippen LogP contribution in [0.1, 0.15) is 11.1 Å². The van der Waals surface area contributed by atoms with E-state index < -0.39 is 11.7 Å². The molecule has 6 heteroatoms.